The van der Waals surface area contributed by atoms with Crippen LogP contribution in [0.15, 0.2) is 0 Å². The zero-order valence-electron chi connectivity index (χ0n) is 15.2. The first-order chi connectivity index (χ1) is 11.1. The van der Waals surface area contributed by atoms with Crippen LogP contribution in [-0.4, -0.2) is 48.8 Å². The Labute approximate surface area is 143 Å². The summed E-state index contributed by atoms with van der Waals surface area (Å²) in [6.07, 6.45) is 0.572. The van der Waals surface area contributed by atoms with E-state index in [2.05, 4.69) is 5.09 Å². The maximum Gasteiger partial charge on any atom is 0.434 e. The number of likely N-dealkylation sites (tertiary alicyclic amines) is 1. The van der Waals surface area contributed by atoms with Crippen molar-refractivity contribution in [1.82, 2.24) is 9.99 Å². The van der Waals surface area contributed by atoms with E-state index in [1.54, 1.807) is 18.7 Å². The zero-order chi connectivity index (χ0) is 18.4. The molecule has 1 saturated heterocycles. The third-order valence-electron chi connectivity index (χ3n) is 3.36. The van der Waals surface area contributed by atoms with E-state index < -0.39 is 13.3 Å². The van der Waals surface area contributed by atoms with Crippen molar-refractivity contribution >= 4 is 19.7 Å². The van der Waals surface area contributed by atoms with Crippen LogP contribution in [0.3, 0.4) is 0 Å². The minimum atomic E-state index is -3.61. The van der Waals surface area contributed by atoms with Gasteiger partial charge in [0.15, 0.2) is 0 Å². The van der Waals surface area contributed by atoms with Crippen LogP contribution in [0.4, 0.5) is 4.79 Å². The number of hydrogen-bond donors (Lipinski definition) is 1. The summed E-state index contributed by atoms with van der Waals surface area (Å²) in [5, 5.41) is 2.38. The summed E-state index contributed by atoms with van der Waals surface area (Å²) < 4.78 is 27.8. The Bertz CT molecular complexity index is 473. The van der Waals surface area contributed by atoms with Crippen molar-refractivity contribution < 1.29 is 27.9 Å². The highest BCUT2D eigenvalue weighted by Gasteiger charge is 2.34. The molecule has 0 unspecified atom stereocenters. The lowest BCUT2D eigenvalue weighted by atomic mass is 9.97. The van der Waals surface area contributed by atoms with Crippen molar-refractivity contribution in [3.05, 3.63) is 0 Å². The number of ether oxygens (including phenoxy) is 1. The van der Waals surface area contributed by atoms with E-state index in [1.807, 2.05) is 20.8 Å². The Morgan fingerprint density at radius 2 is 1.62 bits per heavy atom. The topological polar surface area (TPSA) is 94.2 Å². The lowest BCUT2D eigenvalue weighted by molar-refractivity contribution is -0.125. The molecular formula is C15H29N2O6P. The van der Waals surface area contributed by atoms with Crippen LogP contribution in [0.5, 0.6) is 0 Å². The van der Waals surface area contributed by atoms with Gasteiger partial charge in [0.1, 0.15) is 5.60 Å². The normalized spacial score (nSPS) is 16.8. The Morgan fingerprint density at radius 3 is 2.04 bits per heavy atom. The van der Waals surface area contributed by atoms with Crippen LogP contribution in [0.1, 0.15) is 47.5 Å². The third kappa shape index (κ3) is 6.79. The number of piperidine rings is 1. The number of rotatable bonds is 6. The molecule has 2 amide bonds. The molecule has 0 aliphatic carbocycles. The lowest BCUT2D eigenvalue weighted by Gasteiger charge is -2.33. The van der Waals surface area contributed by atoms with Crippen LogP contribution in [0.25, 0.3) is 0 Å². The van der Waals surface area contributed by atoms with Crippen LogP contribution in [0.2, 0.25) is 0 Å². The number of carbonyl (C=O) groups excluding carboxylic acids is 2. The van der Waals surface area contributed by atoms with Gasteiger partial charge in [-0.2, -0.15) is 0 Å². The quantitative estimate of drug-likeness (QED) is 0.728. The summed E-state index contributed by atoms with van der Waals surface area (Å²) in [6, 6.07) is 0. The second-order valence-corrected chi connectivity index (χ2v) is 8.29. The molecule has 140 valence electrons. The predicted molar refractivity (Wildman–Crippen MR) is 89.5 cm³/mol. The molecule has 0 bridgehead atoms. The monoisotopic (exact) mass is 364 g/mol. The van der Waals surface area contributed by atoms with Crippen LogP contribution in [-0.2, 0) is 23.1 Å². The number of amides is 2. The smallest absolute Gasteiger partial charge is 0.434 e. The van der Waals surface area contributed by atoms with Crippen molar-refractivity contribution in [3.8, 4) is 0 Å². The highest BCUT2D eigenvalue weighted by Crippen LogP contribution is 2.43. The molecule has 0 radical (unpaired) electrons. The fourth-order valence-electron chi connectivity index (χ4n) is 2.32. The van der Waals surface area contributed by atoms with Gasteiger partial charge in [-0.05, 0) is 47.5 Å². The SMILES string of the molecule is CCOP(=O)(NC(=O)C1CCN(C(=O)OC(C)(C)C)CC1)OCC. The second-order valence-electron chi connectivity index (χ2n) is 6.55. The van der Waals surface area contributed by atoms with Gasteiger partial charge in [-0.1, -0.05) is 0 Å². The molecule has 1 aliphatic rings. The summed E-state index contributed by atoms with van der Waals surface area (Å²) in [5.41, 5.74) is -0.549. The molecule has 0 aromatic carbocycles. The van der Waals surface area contributed by atoms with E-state index in [1.165, 1.54) is 0 Å². The summed E-state index contributed by atoms with van der Waals surface area (Å²) in [5.74, 6) is -0.706. The molecule has 0 saturated carbocycles. The van der Waals surface area contributed by atoms with Gasteiger partial charge in [0, 0.05) is 19.0 Å². The second kappa shape index (κ2) is 8.83. The average Bonchev–Trinajstić information content (AvgIpc) is 2.45. The zero-order valence-corrected chi connectivity index (χ0v) is 16.1. The minimum absolute atomic E-state index is 0.175. The molecule has 8 nitrogen and oxygen atoms in total. The van der Waals surface area contributed by atoms with E-state index in [0.29, 0.717) is 25.9 Å². The molecule has 0 aromatic rings. The molecular weight excluding hydrogens is 335 g/mol. The first-order valence-corrected chi connectivity index (χ1v) is 9.83. The fourth-order valence-corrected chi connectivity index (χ4v) is 3.65. The maximum absolute atomic E-state index is 12.3. The van der Waals surface area contributed by atoms with Crippen LogP contribution in [0, 0.1) is 5.92 Å². The molecule has 1 N–H and O–H groups in total. The molecule has 1 heterocycles. The van der Waals surface area contributed by atoms with Gasteiger partial charge in [-0.3, -0.25) is 18.9 Å². The highest BCUT2D eigenvalue weighted by molar-refractivity contribution is 7.52. The molecule has 9 heteroatoms. The van der Waals surface area contributed by atoms with Gasteiger partial charge < -0.3 is 9.64 Å². The van der Waals surface area contributed by atoms with Gasteiger partial charge in [-0.25, -0.2) is 9.36 Å². The Kier molecular flexibility index (Phi) is 7.70. The van der Waals surface area contributed by atoms with Crippen molar-refractivity contribution in [2.45, 2.75) is 53.1 Å². The lowest BCUT2D eigenvalue weighted by Crippen LogP contribution is -2.44. The van der Waals surface area contributed by atoms with Crippen molar-refractivity contribution in [2.75, 3.05) is 26.3 Å². The maximum atomic E-state index is 12.3. The van der Waals surface area contributed by atoms with E-state index >= 15 is 0 Å². The standard InChI is InChI=1S/C15H29N2O6P/c1-6-21-24(20,22-7-2)16-13(18)12-8-10-17(11-9-12)14(19)23-15(3,4)5/h12H,6-11H2,1-5H3,(H,16,18,20). The molecule has 1 aliphatic heterocycles. The molecule has 0 atom stereocenters. The molecule has 0 aromatic heterocycles. The average molecular weight is 364 g/mol. The van der Waals surface area contributed by atoms with Crippen LogP contribution >= 0.6 is 7.75 Å². The number of nitrogens with one attached hydrogen (secondary N) is 1. The fraction of sp³-hybridized carbons (Fsp3) is 0.867. The highest BCUT2D eigenvalue weighted by atomic mass is 31.2. The van der Waals surface area contributed by atoms with Gasteiger partial charge >= 0.3 is 13.8 Å². The third-order valence-corrected chi connectivity index (χ3v) is 5.05. The Balaban J connectivity index is 2.53. The molecule has 1 fully saturated rings. The van der Waals surface area contributed by atoms with Gasteiger partial charge in [-0.15, -0.1) is 0 Å². The number of nitrogens with zero attached hydrogens (tertiary/aromatic N) is 1. The first-order valence-electron chi connectivity index (χ1n) is 8.29. The summed E-state index contributed by atoms with van der Waals surface area (Å²) in [4.78, 5) is 25.9. The summed E-state index contributed by atoms with van der Waals surface area (Å²) in [7, 11) is -3.61. The molecule has 0 spiro atoms. The van der Waals surface area contributed by atoms with Crippen molar-refractivity contribution in [3.63, 3.8) is 0 Å². The Morgan fingerprint density at radius 1 is 1.12 bits per heavy atom. The van der Waals surface area contributed by atoms with E-state index in [0.717, 1.165) is 0 Å². The first kappa shape index (κ1) is 20.9. The minimum Gasteiger partial charge on any atom is -0.444 e. The van der Waals surface area contributed by atoms with Gasteiger partial charge in [0.05, 0.1) is 13.2 Å². The largest absolute Gasteiger partial charge is 0.444 e. The summed E-state index contributed by atoms with van der Waals surface area (Å²) >= 11 is 0. The van der Waals surface area contributed by atoms with E-state index in [4.69, 9.17) is 13.8 Å². The van der Waals surface area contributed by atoms with E-state index in [-0.39, 0.29) is 31.1 Å². The molecule has 1 rings (SSSR count). The summed E-state index contributed by atoms with van der Waals surface area (Å²) in [6.45, 7) is 9.97. The van der Waals surface area contributed by atoms with E-state index in [9.17, 15) is 14.2 Å². The van der Waals surface area contributed by atoms with Crippen molar-refractivity contribution in [1.29, 1.82) is 0 Å². The van der Waals surface area contributed by atoms with Crippen molar-refractivity contribution in [2.24, 2.45) is 5.92 Å². The molecule has 24 heavy (non-hydrogen) atoms. The van der Waals surface area contributed by atoms with Gasteiger partial charge in [0.25, 0.3) is 0 Å². The van der Waals surface area contributed by atoms with Gasteiger partial charge in [0.2, 0.25) is 5.91 Å². The Hall–Kier alpha value is -1.11. The predicted octanol–water partition coefficient (Wildman–Crippen LogP) is 2.93. The number of carbonyl (C=O) groups is 2. The number of hydrogen-bond acceptors (Lipinski definition) is 6. The van der Waals surface area contributed by atoms with Crippen LogP contribution < -0.4 is 5.09 Å².